The second-order valence-electron chi connectivity index (χ2n) is 5.37. The Morgan fingerprint density at radius 2 is 2.00 bits per heavy atom. The highest BCUT2D eigenvalue weighted by Crippen LogP contribution is 2.17. The van der Waals surface area contributed by atoms with Gasteiger partial charge in [-0.05, 0) is 6.42 Å². The fraction of sp³-hybridized carbons (Fsp3) is 0.750. The lowest BCUT2D eigenvalue weighted by Gasteiger charge is -2.35. The van der Waals surface area contributed by atoms with E-state index in [2.05, 4.69) is 0 Å². The van der Waals surface area contributed by atoms with Gasteiger partial charge in [0.1, 0.15) is 0 Å². The van der Waals surface area contributed by atoms with Gasteiger partial charge in [0.2, 0.25) is 11.8 Å². The lowest BCUT2D eigenvalue weighted by Crippen LogP contribution is -2.54. The SMILES string of the molecule is O=C(O)CC1CS(=O)(=O)CCN1C(=O)CN1CCCC1=O. The van der Waals surface area contributed by atoms with E-state index in [1.807, 2.05) is 0 Å². The number of hydrogen-bond donors (Lipinski definition) is 1. The maximum atomic E-state index is 12.2. The van der Waals surface area contributed by atoms with Crippen LogP contribution in [0.5, 0.6) is 0 Å². The zero-order chi connectivity index (χ0) is 15.6. The van der Waals surface area contributed by atoms with Gasteiger partial charge in [-0.15, -0.1) is 0 Å². The number of hydrogen-bond acceptors (Lipinski definition) is 5. The van der Waals surface area contributed by atoms with Crippen molar-refractivity contribution in [2.75, 3.05) is 31.1 Å². The molecule has 0 aromatic carbocycles. The van der Waals surface area contributed by atoms with Crippen LogP contribution < -0.4 is 0 Å². The van der Waals surface area contributed by atoms with Gasteiger partial charge in [0.15, 0.2) is 9.84 Å². The Balaban J connectivity index is 2.06. The maximum Gasteiger partial charge on any atom is 0.305 e. The highest BCUT2D eigenvalue weighted by Gasteiger charge is 2.36. The Morgan fingerprint density at radius 3 is 2.57 bits per heavy atom. The molecule has 0 saturated carbocycles. The Labute approximate surface area is 122 Å². The summed E-state index contributed by atoms with van der Waals surface area (Å²) in [5.74, 6) is -2.12. The van der Waals surface area contributed by atoms with Crippen molar-refractivity contribution in [2.24, 2.45) is 0 Å². The van der Waals surface area contributed by atoms with Crippen molar-refractivity contribution in [1.29, 1.82) is 0 Å². The van der Waals surface area contributed by atoms with Crippen molar-refractivity contribution in [3.05, 3.63) is 0 Å². The number of nitrogens with zero attached hydrogens (tertiary/aromatic N) is 2. The monoisotopic (exact) mass is 318 g/mol. The Kier molecular flexibility index (Phi) is 4.50. The van der Waals surface area contributed by atoms with Crippen molar-refractivity contribution in [3.63, 3.8) is 0 Å². The molecule has 8 nitrogen and oxygen atoms in total. The Hall–Kier alpha value is -1.64. The van der Waals surface area contributed by atoms with E-state index in [4.69, 9.17) is 5.11 Å². The van der Waals surface area contributed by atoms with Crippen molar-refractivity contribution in [1.82, 2.24) is 9.80 Å². The topological polar surface area (TPSA) is 112 Å². The molecule has 1 unspecified atom stereocenters. The molecular weight excluding hydrogens is 300 g/mol. The summed E-state index contributed by atoms with van der Waals surface area (Å²) in [7, 11) is -3.32. The summed E-state index contributed by atoms with van der Waals surface area (Å²) >= 11 is 0. The summed E-state index contributed by atoms with van der Waals surface area (Å²) in [5, 5.41) is 8.86. The first-order valence-corrected chi connectivity index (χ1v) is 8.60. The van der Waals surface area contributed by atoms with Gasteiger partial charge in [-0.2, -0.15) is 0 Å². The minimum Gasteiger partial charge on any atom is -0.481 e. The van der Waals surface area contributed by atoms with Crippen LogP contribution in [0, 0.1) is 0 Å². The van der Waals surface area contributed by atoms with E-state index >= 15 is 0 Å². The second-order valence-corrected chi connectivity index (χ2v) is 7.60. The first-order valence-electron chi connectivity index (χ1n) is 6.78. The predicted molar refractivity (Wildman–Crippen MR) is 72.2 cm³/mol. The van der Waals surface area contributed by atoms with Crippen LogP contribution in [0.1, 0.15) is 19.3 Å². The van der Waals surface area contributed by atoms with Gasteiger partial charge in [0, 0.05) is 19.5 Å². The Bertz CT molecular complexity index is 558. The number of rotatable bonds is 4. The van der Waals surface area contributed by atoms with E-state index in [0.717, 1.165) is 0 Å². The summed E-state index contributed by atoms with van der Waals surface area (Å²) in [4.78, 5) is 37.3. The number of aliphatic carboxylic acids is 1. The number of amides is 2. The molecule has 2 rings (SSSR count). The molecule has 0 aromatic rings. The van der Waals surface area contributed by atoms with Crippen molar-refractivity contribution >= 4 is 27.6 Å². The third kappa shape index (κ3) is 3.93. The van der Waals surface area contributed by atoms with Gasteiger partial charge >= 0.3 is 5.97 Å². The normalized spacial score (nSPS) is 25.1. The van der Waals surface area contributed by atoms with Gasteiger partial charge in [0.05, 0.1) is 30.5 Å². The largest absolute Gasteiger partial charge is 0.481 e. The number of carbonyl (C=O) groups is 3. The molecule has 0 spiro atoms. The third-order valence-electron chi connectivity index (χ3n) is 3.76. The number of carbonyl (C=O) groups excluding carboxylic acids is 2. The van der Waals surface area contributed by atoms with Gasteiger partial charge in [-0.3, -0.25) is 14.4 Å². The molecule has 2 saturated heterocycles. The van der Waals surface area contributed by atoms with Crippen LogP contribution >= 0.6 is 0 Å². The van der Waals surface area contributed by atoms with Crippen LogP contribution in [0.3, 0.4) is 0 Å². The van der Waals surface area contributed by atoms with E-state index < -0.39 is 28.3 Å². The molecule has 0 aliphatic carbocycles. The second kappa shape index (κ2) is 6.00. The predicted octanol–water partition coefficient (Wildman–Crippen LogP) is -1.29. The highest BCUT2D eigenvalue weighted by molar-refractivity contribution is 7.91. The number of carboxylic acids is 1. The molecular formula is C12H18N2O6S. The maximum absolute atomic E-state index is 12.2. The van der Waals surface area contributed by atoms with Gasteiger partial charge in [-0.25, -0.2) is 8.42 Å². The average molecular weight is 318 g/mol. The molecule has 1 N–H and O–H groups in total. The number of carboxylic acid groups (broad SMARTS) is 1. The molecule has 0 aromatic heterocycles. The molecule has 1 atom stereocenters. The number of likely N-dealkylation sites (tertiary alicyclic amines) is 1. The molecule has 21 heavy (non-hydrogen) atoms. The average Bonchev–Trinajstić information content (AvgIpc) is 2.73. The van der Waals surface area contributed by atoms with E-state index in [-0.39, 0.29) is 36.4 Å². The summed E-state index contributed by atoms with van der Waals surface area (Å²) in [6, 6.07) is -0.855. The van der Waals surface area contributed by atoms with E-state index in [9.17, 15) is 22.8 Å². The molecule has 2 fully saturated rings. The van der Waals surface area contributed by atoms with Crippen LogP contribution in [0.25, 0.3) is 0 Å². The smallest absolute Gasteiger partial charge is 0.305 e. The minimum absolute atomic E-state index is 0.0128. The molecule has 0 bridgehead atoms. The quantitative estimate of drug-likeness (QED) is 0.690. The molecule has 2 heterocycles. The lowest BCUT2D eigenvalue weighted by atomic mass is 10.2. The fourth-order valence-electron chi connectivity index (χ4n) is 2.71. The molecule has 2 aliphatic heterocycles. The fourth-order valence-corrected chi connectivity index (χ4v) is 4.24. The third-order valence-corrected chi connectivity index (χ3v) is 5.46. The van der Waals surface area contributed by atoms with Crippen LogP contribution in [-0.2, 0) is 24.2 Å². The molecule has 9 heteroatoms. The lowest BCUT2D eigenvalue weighted by molar-refractivity contribution is -0.143. The van der Waals surface area contributed by atoms with Crippen molar-refractivity contribution < 1.29 is 27.9 Å². The van der Waals surface area contributed by atoms with Crippen LogP contribution in [0.15, 0.2) is 0 Å². The summed E-state index contributed by atoms with van der Waals surface area (Å²) in [5.41, 5.74) is 0. The molecule has 2 amide bonds. The highest BCUT2D eigenvalue weighted by atomic mass is 32.2. The minimum atomic E-state index is -3.32. The van der Waals surface area contributed by atoms with E-state index in [1.54, 1.807) is 0 Å². The zero-order valence-corrected chi connectivity index (χ0v) is 12.3. The van der Waals surface area contributed by atoms with Crippen LogP contribution in [0.2, 0.25) is 0 Å². The first kappa shape index (κ1) is 15.7. The van der Waals surface area contributed by atoms with Gasteiger partial charge in [0.25, 0.3) is 0 Å². The van der Waals surface area contributed by atoms with Gasteiger partial charge < -0.3 is 14.9 Å². The molecule has 2 aliphatic rings. The number of sulfone groups is 1. The van der Waals surface area contributed by atoms with Gasteiger partial charge in [-0.1, -0.05) is 0 Å². The summed E-state index contributed by atoms with van der Waals surface area (Å²) in [6.45, 7) is 0.399. The van der Waals surface area contributed by atoms with E-state index in [1.165, 1.54) is 9.80 Å². The molecule has 118 valence electrons. The zero-order valence-electron chi connectivity index (χ0n) is 11.5. The summed E-state index contributed by atoms with van der Waals surface area (Å²) in [6.07, 6.45) is 0.720. The Morgan fingerprint density at radius 1 is 1.29 bits per heavy atom. The van der Waals surface area contributed by atoms with E-state index in [0.29, 0.717) is 19.4 Å². The summed E-state index contributed by atoms with van der Waals surface area (Å²) < 4.78 is 23.2. The van der Waals surface area contributed by atoms with Crippen LogP contribution in [-0.4, -0.2) is 78.3 Å². The van der Waals surface area contributed by atoms with Crippen molar-refractivity contribution in [3.8, 4) is 0 Å². The van der Waals surface area contributed by atoms with Crippen molar-refractivity contribution in [2.45, 2.75) is 25.3 Å². The van der Waals surface area contributed by atoms with Crippen LogP contribution in [0.4, 0.5) is 0 Å². The molecule has 0 radical (unpaired) electrons. The standard InChI is InChI=1S/C12H18N2O6S/c15-10-2-1-3-13(10)7-11(16)14-4-5-21(19,20)8-9(14)6-12(17)18/h9H,1-8H2,(H,17,18). The first-order chi connectivity index (χ1) is 9.78.